The molecule has 1 aromatic heterocycles. The Hall–Kier alpha value is -0.730. The van der Waals surface area contributed by atoms with Gasteiger partial charge in [0.15, 0.2) is 0 Å². The Kier molecular flexibility index (Phi) is 4.94. The summed E-state index contributed by atoms with van der Waals surface area (Å²) in [5.41, 5.74) is 0.961. The second-order valence-electron chi connectivity index (χ2n) is 6.53. The molecule has 2 aliphatic heterocycles. The predicted octanol–water partition coefficient (Wildman–Crippen LogP) is 1.18. The van der Waals surface area contributed by atoms with E-state index < -0.39 is 10.2 Å². The number of piperidine rings is 1. The Morgan fingerprint density at radius 1 is 1.26 bits per heavy atom. The molecule has 6 nitrogen and oxygen atoms in total. The van der Waals surface area contributed by atoms with E-state index in [1.807, 2.05) is 12.1 Å². The van der Waals surface area contributed by atoms with E-state index in [9.17, 15) is 8.42 Å². The van der Waals surface area contributed by atoms with Crippen molar-refractivity contribution in [2.75, 3.05) is 26.2 Å². The minimum atomic E-state index is -3.39. The smallest absolute Gasteiger partial charge is 0.282 e. The maximum Gasteiger partial charge on any atom is 0.282 e. The molecule has 3 heterocycles. The highest BCUT2D eigenvalue weighted by Gasteiger charge is 2.47. The zero-order chi connectivity index (χ0) is 15.2. The molecular weight excluding hydrogens is 336 g/mol. The number of rotatable bonds is 3. The zero-order valence-corrected chi connectivity index (χ0v) is 14.6. The summed E-state index contributed by atoms with van der Waals surface area (Å²) in [5, 5.41) is 3.31. The second kappa shape index (κ2) is 6.64. The first kappa shape index (κ1) is 17.1. The monoisotopic (exact) mass is 358 g/mol. The zero-order valence-electron chi connectivity index (χ0n) is 13.0. The third-order valence-electron chi connectivity index (χ3n) is 5.22. The van der Waals surface area contributed by atoms with Crippen LogP contribution in [-0.4, -0.2) is 54.2 Å². The van der Waals surface area contributed by atoms with Gasteiger partial charge in [-0.15, -0.1) is 12.4 Å². The van der Waals surface area contributed by atoms with Crippen LogP contribution in [0.1, 0.15) is 30.9 Å². The van der Waals surface area contributed by atoms with E-state index in [0.717, 1.165) is 18.4 Å². The molecular formula is C15H23ClN4O2S. The van der Waals surface area contributed by atoms with Gasteiger partial charge in [0.1, 0.15) is 0 Å². The summed E-state index contributed by atoms with van der Waals surface area (Å²) in [6, 6.07) is 3.89. The fraction of sp³-hybridized carbons (Fsp3) is 0.667. The third-order valence-corrected chi connectivity index (χ3v) is 7.28. The van der Waals surface area contributed by atoms with E-state index in [4.69, 9.17) is 0 Å². The Bertz CT molecular complexity index is 642. The molecule has 3 atom stereocenters. The molecule has 0 aromatic carbocycles. The normalized spacial score (nSPS) is 31.9. The van der Waals surface area contributed by atoms with Crippen LogP contribution < -0.4 is 5.32 Å². The fourth-order valence-electron chi connectivity index (χ4n) is 4.12. The Labute approximate surface area is 143 Å². The van der Waals surface area contributed by atoms with Gasteiger partial charge in [0.25, 0.3) is 10.2 Å². The number of aromatic nitrogens is 1. The lowest BCUT2D eigenvalue weighted by atomic mass is 10.1. The van der Waals surface area contributed by atoms with Crippen molar-refractivity contribution in [2.45, 2.75) is 31.3 Å². The molecule has 1 aliphatic carbocycles. The van der Waals surface area contributed by atoms with Crippen LogP contribution in [0, 0.1) is 5.92 Å². The minimum Gasteiger partial charge on any atom is -0.313 e. The fourth-order valence-corrected chi connectivity index (χ4v) is 6.19. The Morgan fingerprint density at radius 2 is 2.13 bits per heavy atom. The SMILES string of the molecule is Cl.O=S(=O)(N1CC2CCC1C2)N1CCNCC1c1cccnc1. The summed E-state index contributed by atoms with van der Waals surface area (Å²) >= 11 is 0. The third kappa shape index (κ3) is 3.00. The first-order chi connectivity index (χ1) is 10.7. The molecule has 2 bridgehead atoms. The highest BCUT2D eigenvalue weighted by molar-refractivity contribution is 7.86. The highest BCUT2D eigenvalue weighted by Crippen LogP contribution is 2.41. The van der Waals surface area contributed by atoms with Crippen LogP contribution >= 0.6 is 12.4 Å². The van der Waals surface area contributed by atoms with Gasteiger partial charge in [-0.1, -0.05) is 6.07 Å². The number of hydrogen-bond donors (Lipinski definition) is 1. The van der Waals surface area contributed by atoms with E-state index in [1.54, 1.807) is 21.0 Å². The van der Waals surface area contributed by atoms with Gasteiger partial charge in [0, 0.05) is 44.6 Å². The summed E-state index contributed by atoms with van der Waals surface area (Å²) < 4.78 is 29.8. The lowest BCUT2D eigenvalue weighted by molar-refractivity contribution is 0.232. The van der Waals surface area contributed by atoms with Crippen molar-refractivity contribution in [3.8, 4) is 0 Å². The molecule has 0 spiro atoms. The Balaban J connectivity index is 0.00000156. The first-order valence-corrected chi connectivity index (χ1v) is 9.45. The van der Waals surface area contributed by atoms with Gasteiger partial charge in [0.05, 0.1) is 6.04 Å². The molecule has 23 heavy (non-hydrogen) atoms. The van der Waals surface area contributed by atoms with Crippen LogP contribution in [-0.2, 0) is 10.2 Å². The largest absolute Gasteiger partial charge is 0.313 e. The summed E-state index contributed by atoms with van der Waals surface area (Å²) in [4.78, 5) is 4.15. The van der Waals surface area contributed by atoms with Gasteiger partial charge in [-0.3, -0.25) is 4.98 Å². The topological polar surface area (TPSA) is 65.5 Å². The summed E-state index contributed by atoms with van der Waals surface area (Å²) in [7, 11) is -3.39. The number of nitrogens with one attached hydrogen (secondary N) is 1. The molecule has 1 aromatic rings. The van der Waals surface area contributed by atoms with Crippen LogP contribution in [0.3, 0.4) is 0 Å². The minimum absolute atomic E-state index is 0. The number of nitrogens with zero attached hydrogens (tertiary/aromatic N) is 3. The van der Waals surface area contributed by atoms with E-state index in [2.05, 4.69) is 10.3 Å². The highest BCUT2D eigenvalue weighted by atomic mass is 35.5. The van der Waals surface area contributed by atoms with E-state index in [1.165, 1.54) is 6.42 Å². The molecule has 3 unspecified atom stereocenters. The molecule has 1 saturated carbocycles. The van der Waals surface area contributed by atoms with Crippen molar-refractivity contribution in [3.05, 3.63) is 30.1 Å². The van der Waals surface area contributed by atoms with Gasteiger partial charge >= 0.3 is 0 Å². The van der Waals surface area contributed by atoms with Crippen molar-refractivity contribution >= 4 is 22.6 Å². The number of piperazine rings is 1. The van der Waals surface area contributed by atoms with Gasteiger partial charge in [-0.05, 0) is 36.8 Å². The van der Waals surface area contributed by atoms with Gasteiger partial charge < -0.3 is 5.32 Å². The first-order valence-electron chi connectivity index (χ1n) is 8.05. The molecule has 1 N–H and O–H groups in total. The van der Waals surface area contributed by atoms with Gasteiger partial charge in [-0.2, -0.15) is 17.0 Å². The quantitative estimate of drug-likeness (QED) is 0.881. The number of hydrogen-bond acceptors (Lipinski definition) is 4. The molecule has 3 aliphatic rings. The summed E-state index contributed by atoms with van der Waals surface area (Å²) in [5.74, 6) is 0.569. The number of pyridine rings is 1. The molecule has 0 amide bonds. The Morgan fingerprint density at radius 3 is 2.78 bits per heavy atom. The molecule has 128 valence electrons. The number of halogens is 1. The van der Waals surface area contributed by atoms with Crippen molar-refractivity contribution < 1.29 is 8.42 Å². The van der Waals surface area contributed by atoms with Gasteiger partial charge in [-0.25, -0.2) is 0 Å². The van der Waals surface area contributed by atoms with Crippen molar-refractivity contribution in [1.29, 1.82) is 0 Å². The predicted molar refractivity (Wildman–Crippen MR) is 90.6 cm³/mol. The van der Waals surface area contributed by atoms with Crippen molar-refractivity contribution in [3.63, 3.8) is 0 Å². The van der Waals surface area contributed by atoms with Crippen molar-refractivity contribution in [1.82, 2.24) is 18.9 Å². The molecule has 0 radical (unpaired) electrons. The van der Waals surface area contributed by atoms with Crippen LogP contribution in [0.25, 0.3) is 0 Å². The van der Waals surface area contributed by atoms with Crippen LogP contribution in [0.2, 0.25) is 0 Å². The average molecular weight is 359 g/mol. The average Bonchev–Trinajstić information content (AvgIpc) is 3.19. The van der Waals surface area contributed by atoms with Crippen LogP contribution in [0.15, 0.2) is 24.5 Å². The van der Waals surface area contributed by atoms with Crippen LogP contribution in [0.4, 0.5) is 0 Å². The molecule has 8 heteroatoms. The van der Waals surface area contributed by atoms with Crippen molar-refractivity contribution in [2.24, 2.45) is 5.92 Å². The number of fused-ring (bicyclic) bond motifs is 2. The van der Waals surface area contributed by atoms with Gasteiger partial charge in [0.2, 0.25) is 0 Å². The lowest BCUT2D eigenvalue weighted by Gasteiger charge is -2.39. The van der Waals surface area contributed by atoms with E-state index >= 15 is 0 Å². The molecule has 3 fully saturated rings. The maximum absolute atomic E-state index is 13.2. The molecule has 4 rings (SSSR count). The molecule has 2 saturated heterocycles. The van der Waals surface area contributed by atoms with Crippen LogP contribution in [0.5, 0.6) is 0 Å². The van der Waals surface area contributed by atoms with E-state index in [0.29, 0.717) is 32.1 Å². The lowest BCUT2D eigenvalue weighted by Crippen LogP contribution is -2.54. The second-order valence-corrected chi connectivity index (χ2v) is 8.36. The maximum atomic E-state index is 13.2. The summed E-state index contributed by atoms with van der Waals surface area (Å²) in [6.45, 7) is 2.58. The van der Waals surface area contributed by atoms with E-state index in [-0.39, 0.29) is 24.5 Å². The summed E-state index contributed by atoms with van der Waals surface area (Å²) in [6.07, 6.45) is 6.75. The standard InChI is InChI=1S/C15H22N4O2S.ClH/c20-22(21,19-11-12-3-4-14(19)8-12)18-7-6-17-10-15(18)13-2-1-5-16-9-13;/h1-2,5,9,12,14-15,17H,3-4,6-8,10-11H2;1H.